The van der Waals surface area contributed by atoms with Crippen LogP contribution in [0, 0.1) is 0 Å². The van der Waals surface area contributed by atoms with E-state index in [1.54, 1.807) is 13.8 Å². The largest absolute Gasteiger partial charge is 0.592 e. The lowest BCUT2D eigenvalue weighted by molar-refractivity contribution is -0.289. The molecule has 100 valence electrons. The highest BCUT2D eigenvalue weighted by molar-refractivity contribution is 5.88. The fourth-order valence-corrected chi connectivity index (χ4v) is 0.525. The monoisotopic (exact) mass is 258 g/mol. The molecule has 7 heteroatoms. The van der Waals surface area contributed by atoms with Crippen LogP contribution in [0.15, 0.2) is 23.3 Å². The molecule has 0 unspecified atom stereocenters. The highest BCUT2D eigenvalue weighted by Gasteiger charge is 2.16. The molecule has 0 saturated carbocycles. The van der Waals surface area contributed by atoms with Crippen molar-refractivity contribution < 1.29 is 33.9 Å². The molecule has 0 spiro atoms. The zero-order valence-corrected chi connectivity index (χ0v) is 10.5. The van der Waals surface area contributed by atoms with E-state index in [4.69, 9.17) is 0 Å². The van der Waals surface area contributed by atoms with Gasteiger partial charge in [-0.1, -0.05) is 12.2 Å². The molecule has 0 aliphatic rings. The first kappa shape index (κ1) is 15.7. The zero-order chi connectivity index (χ0) is 14.1. The molecule has 0 rings (SSSR count). The summed E-state index contributed by atoms with van der Waals surface area (Å²) in [6.45, 7) is 6.14. The summed E-state index contributed by atoms with van der Waals surface area (Å²) in [5, 5.41) is 0. The van der Waals surface area contributed by atoms with Crippen molar-refractivity contribution in [2.24, 2.45) is 0 Å². The number of allylic oxidation sites excluding steroid dienone is 2. The second-order valence-electron chi connectivity index (χ2n) is 3.10. The average Bonchev–Trinajstić information content (AvgIpc) is 2.39. The topological polar surface area (TPSA) is 88.1 Å². The second-order valence-corrected chi connectivity index (χ2v) is 3.10. The Hall–Kier alpha value is -2.31. The molecule has 18 heavy (non-hydrogen) atoms. The van der Waals surface area contributed by atoms with E-state index in [1.807, 2.05) is 0 Å². The average molecular weight is 258 g/mol. The molecule has 0 saturated heterocycles. The van der Waals surface area contributed by atoms with E-state index in [-0.39, 0.29) is 11.1 Å². The van der Waals surface area contributed by atoms with E-state index in [9.17, 15) is 14.4 Å². The molecule has 0 aliphatic heterocycles. The Labute approximate surface area is 104 Å². The van der Waals surface area contributed by atoms with E-state index >= 15 is 0 Å². The summed E-state index contributed by atoms with van der Waals surface area (Å²) in [5.41, 5.74) is 0.481. The van der Waals surface area contributed by atoms with E-state index in [2.05, 4.69) is 19.6 Å². The summed E-state index contributed by atoms with van der Waals surface area (Å²) in [5.74, 6) is -1.71. The van der Waals surface area contributed by atoms with Gasteiger partial charge in [-0.05, 0) is 27.7 Å². The minimum Gasteiger partial charge on any atom is -0.242 e. The maximum Gasteiger partial charge on any atom is 0.592 e. The van der Waals surface area contributed by atoms with E-state index < -0.39 is 18.1 Å². The maximum atomic E-state index is 11.0. The van der Waals surface area contributed by atoms with Gasteiger partial charge in [0.2, 0.25) is 0 Å². The van der Waals surface area contributed by atoms with Gasteiger partial charge in [-0.15, -0.1) is 0 Å². The SMILES string of the molecule is C/C=C(\C)C(=O)OOC(=O)OOC(=O)/C(C)=C/C. The highest BCUT2D eigenvalue weighted by Crippen LogP contribution is 2.00. The Morgan fingerprint density at radius 2 is 1.06 bits per heavy atom. The molecule has 0 aromatic rings. The lowest BCUT2D eigenvalue weighted by Crippen LogP contribution is -2.16. The van der Waals surface area contributed by atoms with Crippen LogP contribution in [0.4, 0.5) is 4.79 Å². The number of rotatable bonds is 2. The van der Waals surface area contributed by atoms with Gasteiger partial charge in [0.25, 0.3) is 0 Å². The van der Waals surface area contributed by atoms with Crippen LogP contribution in [0.25, 0.3) is 0 Å². The third-order valence-corrected chi connectivity index (χ3v) is 1.88. The predicted molar refractivity (Wildman–Crippen MR) is 58.6 cm³/mol. The Bertz CT molecular complexity index is 356. The quantitative estimate of drug-likeness (QED) is 0.425. The second kappa shape index (κ2) is 7.88. The molecule has 0 aromatic carbocycles. The molecule has 0 aromatic heterocycles. The van der Waals surface area contributed by atoms with Crippen molar-refractivity contribution in [3.05, 3.63) is 23.3 Å². The Kier molecular flexibility index (Phi) is 6.87. The zero-order valence-electron chi connectivity index (χ0n) is 10.5. The first-order valence-corrected chi connectivity index (χ1v) is 4.99. The van der Waals surface area contributed by atoms with Crippen LogP contribution in [0.2, 0.25) is 0 Å². The number of carbonyl (C=O) groups excluding carboxylic acids is 3. The summed E-state index contributed by atoms with van der Waals surface area (Å²) in [7, 11) is 0. The maximum absolute atomic E-state index is 11.0. The Balaban J connectivity index is 4.01. The van der Waals surface area contributed by atoms with Gasteiger partial charge in [0.15, 0.2) is 0 Å². The van der Waals surface area contributed by atoms with Crippen molar-refractivity contribution in [2.75, 3.05) is 0 Å². The van der Waals surface area contributed by atoms with Crippen LogP contribution >= 0.6 is 0 Å². The highest BCUT2D eigenvalue weighted by atomic mass is 17.3. The normalized spacial score (nSPS) is 11.6. The van der Waals surface area contributed by atoms with Gasteiger partial charge in [0.1, 0.15) is 0 Å². The molecular weight excluding hydrogens is 244 g/mol. The molecule has 7 nitrogen and oxygen atoms in total. The van der Waals surface area contributed by atoms with Gasteiger partial charge in [-0.2, -0.15) is 4.79 Å². The summed E-state index contributed by atoms with van der Waals surface area (Å²) >= 11 is 0. The molecule has 0 N–H and O–H groups in total. The molecule has 0 atom stereocenters. The fourth-order valence-electron chi connectivity index (χ4n) is 0.525. The van der Waals surface area contributed by atoms with Crippen LogP contribution in [0.1, 0.15) is 27.7 Å². The predicted octanol–water partition coefficient (Wildman–Crippen LogP) is 1.99. The Morgan fingerprint density at radius 1 is 0.722 bits per heavy atom. The fraction of sp³-hybridized carbons (Fsp3) is 0.364. The number of carbonyl (C=O) groups is 3. The van der Waals surface area contributed by atoms with Gasteiger partial charge in [0.05, 0.1) is 0 Å². The molecule has 0 bridgehead atoms. The third kappa shape index (κ3) is 5.69. The van der Waals surface area contributed by atoms with E-state index in [0.29, 0.717) is 0 Å². The standard InChI is InChI=1S/C11H14O7/c1-5-7(3)9(12)15-17-11(14)18-16-10(13)8(4)6-2/h5-6H,1-4H3/b7-5+,8-6+. The number of hydrogen-bond donors (Lipinski definition) is 0. The summed E-state index contributed by atoms with van der Waals surface area (Å²) < 4.78 is 0. The van der Waals surface area contributed by atoms with Crippen molar-refractivity contribution in [1.82, 2.24) is 0 Å². The van der Waals surface area contributed by atoms with Crippen LogP contribution in [0.5, 0.6) is 0 Å². The molecular formula is C11H14O7. The van der Waals surface area contributed by atoms with Crippen molar-refractivity contribution in [2.45, 2.75) is 27.7 Å². The molecule has 0 amide bonds. The van der Waals surface area contributed by atoms with Crippen molar-refractivity contribution in [3.8, 4) is 0 Å². The van der Waals surface area contributed by atoms with Crippen molar-refractivity contribution >= 4 is 18.1 Å². The Morgan fingerprint density at radius 3 is 1.33 bits per heavy atom. The van der Waals surface area contributed by atoms with Gasteiger partial charge in [0, 0.05) is 11.1 Å². The van der Waals surface area contributed by atoms with E-state index in [1.165, 1.54) is 26.0 Å². The van der Waals surface area contributed by atoms with Crippen molar-refractivity contribution in [1.29, 1.82) is 0 Å². The first-order valence-electron chi connectivity index (χ1n) is 4.99. The minimum absolute atomic E-state index is 0.240. The van der Waals surface area contributed by atoms with Gasteiger partial charge >= 0.3 is 18.1 Å². The summed E-state index contributed by atoms with van der Waals surface area (Å²) in [4.78, 5) is 49.0. The smallest absolute Gasteiger partial charge is 0.242 e. The van der Waals surface area contributed by atoms with Crippen molar-refractivity contribution in [3.63, 3.8) is 0 Å². The van der Waals surface area contributed by atoms with Crippen LogP contribution in [-0.2, 0) is 29.1 Å². The van der Waals surface area contributed by atoms with E-state index in [0.717, 1.165) is 0 Å². The lowest BCUT2D eigenvalue weighted by Gasteiger charge is -2.03. The third-order valence-electron chi connectivity index (χ3n) is 1.88. The lowest BCUT2D eigenvalue weighted by atomic mass is 10.3. The number of hydrogen-bond acceptors (Lipinski definition) is 7. The van der Waals surface area contributed by atoms with Gasteiger partial charge in [-0.25, -0.2) is 29.1 Å². The minimum atomic E-state index is -1.47. The van der Waals surface area contributed by atoms with Gasteiger partial charge < -0.3 is 0 Å². The van der Waals surface area contributed by atoms with Crippen LogP contribution in [-0.4, -0.2) is 18.1 Å². The van der Waals surface area contributed by atoms with Gasteiger partial charge in [-0.3, -0.25) is 0 Å². The molecule has 0 heterocycles. The summed E-state index contributed by atoms with van der Waals surface area (Å²) in [6, 6.07) is 0. The molecule has 0 fully saturated rings. The van der Waals surface area contributed by atoms with Crippen LogP contribution < -0.4 is 0 Å². The van der Waals surface area contributed by atoms with Crippen LogP contribution in [0.3, 0.4) is 0 Å². The molecule has 0 aliphatic carbocycles. The first-order chi connectivity index (χ1) is 8.42. The molecule has 0 radical (unpaired) electrons. The summed E-state index contributed by atoms with van der Waals surface area (Å²) in [6.07, 6.45) is 1.46.